The van der Waals surface area contributed by atoms with Gasteiger partial charge in [-0.25, -0.2) is 17.5 Å². The number of benzene rings is 1. The number of rotatable bonds is 5. The second-order valence-corrected chi connectivity index (χ2v) is 10.7. The van der Waals surface area contributed by atoms with Crippen LogP contribution in [0.1, 0.15) is 25.3 Å². The van der Waals surface area contributed by atoms with Gasteiger partial charge in [0, 0.05) is 34.5 Å². The van der Waals surface area contributed by atoms with E-state index in [1.807, 2.05) is 19.1 Å². The lowest BCUT2D eigenvalue weighted by molar-refractivity contribution is 0.136. The number of alkyl halides is 1. The van der Waals surface area contributed by atoms with E-state index in [1.165, 1.54) is 10.4 Å². The van der Waals surface area contributed by atoms with Gasteiger partial charge in [-0.3, -0.25) is 4.90 Å². The number of halogens is 2. The molecule has 1 fully saturated rings. The number of fused-ring (bicyclic) bond motifs is 1. The molecule has 1 aromatic carbocycles. The van der Waals surface area contributed by atoms with Crippen LogP contribution in [0, 0.1) is 0 Å². The molecule has 1 saturated heterocycles. The van der Waals surface area contributed by atoms with Crippen molar-refractivity contribution in [3.8, 4) is 0 Å². The first-order valence-corrected chi connectivity index (χ1v) is 12.2. The highest BCUT2D eigenvalue weighted by atomic mass is 79.9. The van der Waals surface area contributed by atoms with E-state index >= 15 is 0 Å². The Morgan fingerprint density at radius 3 is 2.52 bits per heavy atom. The Balaban J connectivity index is 0.000000537. The molecular formula is C20H26BrClN2O4S. The first-order chi connectivity index (χ1) is 13.7. The third-order valence-electron chi connectivity index (χ3n) is 4.68. The van der Waals surface area contributed by atoms with Gasteiger partial charge in [0.15, 0.2) is 0 Å². The quantitative estimate of drug-likeness (QED) is 0.428. The molecular weight excluding hydrogens is 480 g/mol. The molecule has 9 heteroatoms. The topological polar surface area (TPSA) is 66.9 Å². The summed E-state index contributed by atoms with van der Waals surface area (Å²) in [6.45, 7) is 9.99. The largest absolute Gasteiger partial charge is 0.444 e. The molecule has 3 rings (SSSR count). The number of hydrogen-bond donors (Lipinski definition) is 0. The smallest absolute Gasteiger partial charge is 0.414 e. The number of cyclic esters (lactones) is 1. The Morgan fingerprint density at radius 1 is 1.34 bits per heavy atom. The summed E-state index contributed by atoms with van der Waals surface area (Å²) in [6, 6.07) is 5.27. The van der Waals surface area contributed by atoms with Crippen LogP contribution in [0.25, 0.3) is 0 Å². The van der Waals surface area contributed by atoms with Crippen molar-refractivity contribution in [3.63, 3.8) is 0 Å². The van der Waals surface area contributed by atoms with Crippen molar-refractivity contribution >= 4 is 49.3 Å². The number of carbonyl (C=O) groups is 1. The molecule has 0 N–H and O–H groups in total. The number of hydrogen-bond acceptors (Lipinski definition) is 4. The molecule has 29 heavy (non-hydrogen) atoms. The molecule has 2 heterocycles. The highest BCUT2D eigenvalue weighted by Crippen LogP contribution is 2.33. The van der Waals surface area contributed by atoms with Gasteiger partial charge in [0.2, 0.25) is 10.0 Å². The van der Waals surface area contributed by atoms with Crippen molar-refractivity contribution in [2.75, 3.05) is 23.7 Å². The Hall–Kier alpha value is -1.35. The van der Waals surface area contributed by atoms with E-state index in [4.69, 9.17) is 16.3 Å². The molecule has 1 unspecified atom stereocenters. The summed E-state index contributed by atoms with van der Waals surface area (Å²) >= 11 is 9.26. The lowest BCUT2D eigenvalue weighted by atomic mass is 10.0. The van der Waals surface area contributed by atoms with Gasteiger partial charge in [0.25, 0.3) is 0 Å². The fraction of sp³-hybridized carbons (Fsp3) is 0.450. The van der Waals surface area contributed by atoms with Crippen LogP contribution in [0.4, 0.5) is 10.5 Å². The SMILES string of the molecule is C=CC(C)Br.C=CCS(=O)(=O)N1CCC(N2C(=O)OCc3cc(Cl)ccc32)CC1. The summed E-state index contributed by atoms with van der Waals surface area (Å²) in [6.07, 6.45) is 3.96. The van der Waals surface area contributed by atoms with Crippen LogP contribution < -0.4 is 4.90 Å². The van der Waals surface area contributed by atoms with Gasteiger partial charge in [0.1, 0.15) is 6.61 Å². The van der Waals surface area contributed by atoms with E-state index < -0.39 is 16.1 Å². The zero-order valence-electron chi connectivity index (χ0n) is 16.4. The second kappa shape index (κ2) is 10.6. The Morgan fingerprint density at radius 2 is 1.97 bits per heavy atom. The number of piperidine rings is 1. The van der Waals surface area contributed by atoms with Gasteiger partial charge in [0.05, 0.1) is 11.4 Å². The molecule has 1 aromatic rings. The van der Waals surface area contributed by atoms with E-state index in [0.29, 0.717) is 35.8 Å². The maximum absolute atomic E-state index is 12.2. The van der Waals surface area contributed by atoms with Gasteiger partial charge < -0.3 is 4.74 Å². The molecule has 2 aliphatic heterocycles. The first-order valence-electron chi connectivity index (χ1n) is 9.29. The van der Waals surface area contributed by atoms with Gasteiger partial charge in [-0.2, -0.15) is 0 Å². The molecule has 0 spiro atoms. The molecule has 0 aromatic heterocycles. The predicted octanol–water partition coefficient (Wildman–Crippen LogP) is 4.73. The molecule has 160 valence electrons. The second-order valence-electron chi connectivity index (χ2n) is 6.81. The van der Waals surface area contributed by atoms with Crippen molar-refractivity contribution < 1.29 is 17.9 Å². The third-order valence-corrected chi connectivity index (χ3v) is 7.10. The summed E-state index contributed by atoms with van der Waals surface area (Å²) in [5.41, 5.74) is 1.66. The Bertz CT molecular complexity index is 852. The average Bonchev–Trinajstić information content (AvgIpc) is 2.68. The van der Waals surface area contributed by atoms with E-state index in [2.05, 4.69) is 29.1 Å². The normalized spacial score (nSPS) is 18.7. The maximum Gasteiger partial charge on any atom is 0.414 e. The fourth-order valence-electron chi connectivity index (χ4n) is 3.19. The number of carbonyl (C=O) groups excluding carboxylic acids is 1. The van der Waals surface area contributed by atoms with E-state index in [-0.39, 0.29) is 18.4 Å². The van der Waals surface area contributed by atoms with Crippen molar-refractivity contribution in [1.82, 2.24) is 4.31 Å². The monoisotopic (exact) mass is 504 g/mol. The third kappa shape index (κ3) is 6.31. The lowest BCUT2D eigenvalue weighted by Gasteiger charge is -2.39. The van der Waals surface area contributed by atoms with E-state index in [0.717, 1.165) is 11.3 Å². The number of anilines is 1. The molecule has 2 aliphatic rings. The zero-order valence-corrected chi connectivity index (χ0v) is 19.5. The lowest BCUT2D eigenvalue weighted by Crippen LogP contribution is -2.50. The summed E-state index contributed by atoms with van der Waals surface area (Å²) in [5, 5.41) is 0.594. The number of sulfonamides is 1. The minimum Gasteiger partial charge on any atom is -0.444 e. The minimum atomic E-state index is -3.30. The number of allylic oxidation sites excluding steroid dienone is 1. The van der Waals surface area contributed by atoms with Crippen LogP contribution in [-0.4, -0.2) is 48.5 Å². The highest BCUT2D eigenvalue weighted by Gasteiger charge is 2.36. The average molecular weight is 506 g/mol. The van der Waals surface area contributed by atoms with Crippen LogP contribution in [0.2, 0.25) is 5.02 Å². The van der Waals surface area contributed by atoms with E-state index in [1.54, 1.807) is 17.0 Å². The first kappa shape index (κ1) is 23.9. The fourth-order valence-corrected chi connectivity index (χ4v) is 4.66. The number of nitrogens with zero attached hydrogens (tertiary/aromatic N) is 2. The van der Waals surface area contributed by atoms with Crippen molar-refractivity contribution in [2.45, 2.75) is 37.2 Å². The Kier molecular flexibility index (Phi) is 8.75. The highest BCUT2D eigenvalue weighted by molar-refractivity contribution is 9.09. The van der Waals surface area contributed by atoms with Crippen LogP contribution in [0.5, 0.6) is 0 Å². The number of amides is 1. The molecule has 1 amide bonds. The van der Waals surface area contributed by atoms with E-state index in [9.17, 15) is 13.2 Å². The van der Waals surface area contributed by atoms with Gasteiger partial charge in [-0.1, -0.05) is 39.7 Å². The summed E-state index contributed by atoms with van der Waals surface area (Å²) < 4.78 is 30.9. The summed E-state index contributed by atoms with van der Waals surface area (Å²) in [5.74, 6) is -0.0647. The van der Waals surface area contributed by atoms with Crippen molar-refractivity contribution in [1.29, 1.82) is 0 Å². The molecule has 6 nitrogen and oxygen atoms in total. The number of ether oxygens (including phenoxy) is 1. The van der Waals surface area contributed by atoms with Crippen LogP contribution in [0.3, 0.4) is 0 Å². The molecule has 0 saturated carbocycles. The molecule has 0 radical (unpaired) electrons. The van der Waals surface area contributed by atoms with Crippen LogP contribution in [0.15, 0.2) is 43.5 Å². The molecule has 0 bridgehead atoms. The Labute approximate surface area is 186 Å². The molecule has 1 atom stereocenters. The van der Waals surface area contributed by atoms with Crippen LogP contribution in [-0.2, 0) is 21.4 Å². The summed E-state index contributed by atoms with van der Waals surface area (Å²) in [4.78, 5) is 14.3. The van der Waals surface area contributed by atoms with Crippen molar-refractivity contribution in [3.05, 3.63) is 54.1 Å². The maximum atomic E-state index is 12.2. The zero-order chi connectivity index (χ0) is 21.6. The molecule has 0 aliphatic carbocycles. The van der Waals surface area contributed by atoms with Crippen molar-refractivity contribution in [2.24, 2.45) is 0 Å². The van der Waals surface area contributed by atoms with Gasteiger partial charge >= 0.3 is 6.09 Å². The minimum absolute atomic E-state index is 0.0647. The van der Waals surface area contributed by atoms with Gasteiger partial charge in [-0.15, -0.1) is 13.2 Å². The standard InChI is InChI=1S/C16H19ClN2O4S.C4H7Br/c1-2-9-24(21,22)18-7-5-14(6-8-18)19-15-4-3-13(17)10-12(15)11-23-16(19)20;1-3-4(2)5/h2-4,10,14H,1,5-9,11H2;3-4H,1H2,2H3. The van der Waals surface area contributed by atoms with Gasteiger partial charge in [-0.05, 0) is 38.0 Å². The predicted molar refractivity (Wildman–Crippen MR) is 121 cm³/mol. The van der Waals surface area contributed by atoms with Crippen LogP contribution >= 0.6 is 27.5 Å². The summed E-state index contributed by atoms with van der Waals surface area (Å²) in [7, 11) is -3.30.